The standard InChI is InChI=1S/C12H7BrClFN2O/c13-8-2-1-3-9(15)11(8)12(18)17-10-6-7(14)4-5-16-10/h1-6H,(H,16,17,18). The average Bonchev–Trinajstić information content (AvgIpc) is 2.28. The van der Waals surface area contributed by atoms with Gasteiger partial charge in [0.05, 0.1) is 5.56 Å². The monoisotopic (exact) mass is 328 g/mol. The molecule has 1 amide bonds. The smallest absolute Gasteiger partial charge is 0.260 e. The lowest BCUT2D eigenvalue weighted by Crippen LogP contribution is -2.15. The molecule has 1 heterocycles. The Labute approximate surface area is 116 Å². The van der Waals surface area contributed by atoms with E-state index in [9.17, 15) is 9.18 Å². The van der Waals surface area contributed by atoms with E-state index in [1.807, 2.05) is 0 Å². The highest BCUT2D eigenvalue weighted by molar-refractivity contribution is 9.10. The number of hydrogen-bond acceptors (Lipinski definition) is 2. The molecule has 0 fully saturated rings. The van der Waals surface area contributed by atoms with Crippen LogP contribution in [0.5, 0.6) is 0 Å². The van der Waals surface area contributed by atoms with Crippen LogP contribution in [0.2, 0.25) is 5.02 Å². The van der Waals surface area contributed by atoms with Gasteiger partial charge >= 0.3 is 0 Å². The minimum Gasteiger partial charge on any atom is -0.306 e. The molecule has 0 spiro atoms. The van der Waals surface area contributed by atoms with Gasteiger partial charge in [0.15, 0.2) is 0 Å². The third-order valence-electron chi connectivity index (χ3n) is 2.15. The number of carbonyl (C=O) groups excluding carboxylic acids is 1. The van der Waals surface area contributed by atoms with Crippen molar-refractivity contribution in [1.29, 1.82) is 0 Å². The summed E-state index contributed by atoms with van der Waals surface area (Å²) in [5, 5.41) is 2.91. The SMILES string of the molecule is O=C(Nc1cc(Cl)ccn1)c1c(F)cccc1Br. The molecule has 0 atom stereocenters. The molecule has 0 saturated carbocycles. The minimum absolute atomic E-state index is 0.0701. The van der Waals surface area contributed by atoms with E-state index in [1.165, 1.54) is 24.4 Å². The number of hydrogen-bond donors (Lipinski definition) is 1. The molecule has 2 aromatic rings. The molecular weight excluding hydrogens is 322 g/mol. The van der Waals surface area contributed by atoms with E-state index in [0.29, 0.717) is 9.50 Å². The number of aromatic nitrogens is 1. The lowest BCUT2D eigenvalue weighted by atomic mass is 10.2. The van der Waals surface area contributed by atoms with E-state index < -0.39 is 11.7 Å². The molecule has 92 valence electrons. The largest absolute Gasteiger partial charge is 0.306 e. The molecule has 0 bridgehead atoms. The number of rotatable bonds is 2. The Bertz CT molecular complexity index is 586. The third kappa shape index (κ3) is 2.86. The van der Waals surface area contributed by atoms with Crippen molar-refractivity contribution < 1.29 is 9.18 Å². The number of amides is 1. The molecule has 2 rings (SSSR count). The summed E-state index contributed by atoms with van der Waals surface area (Å²) in [5.41, 5.74) is -0.0701. The zero-order valence-electron chi connectivity index (χ0n) is 8.95. The number of nitrogens with one attached hydrogen (secondary N) is 1. The number of carbonyl (C=O) groups is 1. The maximum absolute atomic E-state index is 13.5. The fourth-order valence-electron chi connectivity index (χ4n) is 1.37. The second-order valence-corrected chi connectivity index (χ2v) is 4.70. The summed E-state index contributed by atoms with van der Waals surface area (Å²) in [7, 11) is 0. The van der Waals surface area contributed by atoms with E-state index >= 15 is 0 Å². The average molecular weight is 330 g/mol. The molecule has 0 radical (unpaired) electrons. The molecule has 0 saturated heterocycles. The number of anilines is 1. The van der Waals surface area contributed by atoms with Crippen LogP contribution in [0.4, 0.5) is 10.2 Å². The summed E-state index contributed by atoms with van der Waals surface area (Å²) in [6.07, 6.45) is 1.45. The maximum atomic E-state index is 13.5. The van der Waals surface area contributed by atoms with Gasteiger partial charge in [-0.05, 0) is 40.2 Å². The first kappa shape index (κ1) is 13.0. The Kier molecular flexibility index (Phi) is 3.93. The fraction of sp³-hybridized carbons (Fsp3) is 0. The Morgan fingerprint density at radius 3 is 2.83 bits per heavy atom. The van der Waals surface area contributed by atoms with Crippen molar-refractivity contribution in [1.82, 2.24) is 4.98 Å². The van der Waals surface area contributed by atoms with Gasteiger partial charge in [-0.15, -0.1) is 0 Å². The lowest BCUT2D eigenvalue weighted by molar-refractivity contribution is 0.102. The summed E-state index contributed by atoms with van der Waals surface area (Å²) < 4.78 is 13.9. The van der Waals surface area contributed by atoms with Gasteiger partial charge in [-0.2, -0.15) is 0 Å². The zero-order valence-corrected chi connectivity index (χ0v) is 11.3. The van der Waals surface area contributed by atoms with Crippen LogP contribution in [-0.4, -0.2) is 10.9 Å². The van der Waals surface area contributed by atoms with Crippen molar-refractivity contribution >= 4 is 39.3 Å². The molecule has 1 N–H and O–H groups in total. The highest BCUT2D eigenvalue weighted by Crippen LogP contribution is 2.21. The van der Waals surface area contributed by atoms with Gasteiger partial charge in [0.25, 0.3) is 5.91 Å². The van der Waals surface area contributed by atoms with Crippen LogP contribution in [0, 0.1) is 5.82 Å². The second-order valence-electron chi connectivity index (χ2n) is 3.41. The van der Waals surface area contributed by atoms with Crippen LogP contribution >= 0.6 is 27.5 Å². The summed E-state index contributed by atoms with van der Waals surface area (Å²) in [4.78, 5) is 15.8. The van der Waals surface area contributed by atoms with Crippen LogP contribution in [0.25, 0.3) is 0 Å². The number of pyridine rings is 1. The van der Waals surface area contributed by atoms with E-state index in [1.54, 1.807) is 12.1 Å². The van der Waals surface area contributed by atoms with Crippen molar-refractivity contribution in [3.63, 3.8) is 0 Å². The molecule has 0 aliphatic rings. The summed E-state index contributed by atoms with van der Waals surface area (Å²) >= 11 is 8.89. The number of benzene rings is 1. The Hall–Kier alpha value is -1.46. The van der Waals surface area contributed by atoms with Crippen molar-refractivity contribution in [2.24, 2.45) is 0 Å². The number of nitrogens with zero attached hydrogens (tertiary/aromatic N) is 1. The molecule has 3 nitrogen and oxygen atoms in total. The van der Waals surface area contributed by atoms with Crippen molar-refractivity contribution in [2.45, 2.75) is 0 Å². The molecule has 0 aliphatic carbocycles. The van der Waals surface area contributed by atoms with Crippen molar-refractivity contribution in [3.05, 3.63) is 57.4 Å². The normalized spacial score (nSPS) is 10.2. The highest BCUT2D eigenvalue weighted by atomic mass is 79.9. The third-order valence-corrected chi connectivity index (χ3v) is 3.05. The maximum Gasteiger partial charge on any atom is 0.260 e. The van der Waals surface area contributed by atoms with E-state index in [0.717, 1.165) is 0 Å². The van der Waals surface area contributed by atoms with Crippen LogP contribution in [0.1, 0.15) is 10.4 Å². The molecule has 0 unspecified atom stereocenters. The van der Waals surface area contributed by atoms with Crippen molar-refractivity contribution in [2.75, 3.05) is 5.32 Å². The molecule has 0 aliphatic heterocycles. The topological polar surface area (TPSA) is 42.0 Å². The summed E-state index contributed by atoms with van der Waals surface area (Å²) in [5.74, 6) is -0.929. The first-order chi connectivity index (χ1) is 8.58. The Balaban J connectivity index is 2.28. The first-order valence-electron chi connectivity index (χ1n) is 4.95. The molecule has 1 aromatic carbocycles. The van der Waals surface area contributed by atoms with Gasteiger partial charge in [0.1, 0.15) is 11.6 Å². The van der Waals surface area contributed by atoms with E-state index in [4.69, 9.17) is 11.6 Å². The Morgan fingerprint density at radius 2 is 2.17 bits per heavy atom. The van der Waals surface area contributed by atoms with Crippen LogP contribution in [0.15, 0.2) is 41.0 Å². The van der Waals surface area contributed by atoms with Crippen LogP contribution in [0.3, 0.4) is 0 Å². The second kappa shape index (κ2) is 5.46. The van der Waals surface area contributed by atoms with Gasteiger partial charge in [0, 0.05) is 15.7 Å². The Morgan fingerprint density at radius 1 is 1.39 bits per heavy atom. The van der Waals surface area contributed by atoms with Crippen LogP contribution in [-0.2, 0) is 0 Å². The quantitative estimate of drug-likeness (QED) is 0.908. The predicted octanol–water partition coefficient (Wildman–Crippen LogP) is 3.89. The van der Waals surface area contributed by atoms with Gasteiger partial charge in [0.2, 0.25) is 0 Å². The zero-order chi connectivity index (χ0) is 13.1. The van der Waals surface area contributed by atoms with Gasteiger partial charge in [-0.1, -0.05) is 17.7 Å². The number of halogens is 3. The first-order valence-corrected chi connectivity index (χ1v) is 6.12. The van der Waals surface area contributed by atoms with Gasteiger partial charge in [-0.3, -0.25) is 4.79 Å². The van der Waals surface area contributed by atoms with Crippen molar-refractivity contribution in [3.8, 4) is 0 Å². The fourth-order valence-corrected chi connectivity index (χ4v) is 2.05. The van der Waals surface area contributed by atoms with E-state index in [2.05, 4.69) is 26.2 Å². The molecule has 1 aromatic heterocycles. The molecule has 6 heteroatoms. The van der Waals surface area contributed by atoms with E-state index in [-0.39, 0.29) is 11.4 Å². The predicted molar refractivity (Wildman–Crippen MR) is 71.3 cm³/mol. The highest BCUT2D eigenvalue weighted by Gasteiger charge is 2.15. The molecular formula is C12H7BrClFN2O. The van der Waals surface area contributed by atoms with Crippen LogP contribution < -0.4 is 5.32 Å². The summed E-state index contributed by atoms with van der Waals surface area (Å²) in [6.45, 7) is 0. The van der Waals surface area contributed by atoms with Gasteiger partial charge < -0.3 is 5.32 Å². The summed E-state index contributed by atoms with van der Waals surface area (Å²) in [6, 6.07) is 7.37. The lowest BCUT2D eigenvalue weighted by Gasteiger charge is -2.07. The van der Waals surface area contributed by atoms with Gasteiger partial charge in [-0.25, -0.2) is 9.37 Å². The minimum atomic E-state index is -0.607. The molecule has 18 heavy (non-hydrogen) atoms.